The van der Waals surface area contributed by atoms with Gasteiger partial charge in [0.1, 0.15) is 5.75 Å². The molecule has 26 heavy (non-hydrogen) atoms. The molecule has 0 aliphatic carbocycles. The predicted molar refractivity (Wildman–Crippen MR) is 108 cm³/mol. The molecule has 0 aliphatic heterocycles. The van der Waals surface area contributed by atoms with Crippen LogP contribution in [0.25, 0.3) is 6.08 Å². The molecular formula is C22H28N2O2. The number of rotatable bonds is 10. The van der Waals surface area contributed by atoms with Gasteiger partial charge in [-0.2, -0.15) is 0 Å². The monoisotopic (exact) mass is 352 g/mol. The lowest BCUT2D eigenvalue weighted by Gasteiger charge is -2.09. The van der Waals surface area contributed by atoms with Crippen molar-refractivity contribution < 1.29 is 9.53 Å². The van der Waals surface area contributed by atoms with Crippen LogP contribution >= 0.6 is 0 Å². The molecule has 0 amide bonds. The van der Waals surface area contributed by atoms with E-state index in [0.29, 0.717) is 5.56 Å². The summed E-state index contributed by atoms with van der Waals surface area (Å²) in [7, 11) is 5.79. The van der Waals surface area contributed by atoms with E-state index in [1.54, 1.807) is 37.5 Å². The van der Waals surface area contributed by atoms with Gasteiger partial charge in [-0.1, -0.05) is 30.3 Å². The van der Waals surface area contributed by atoms with Gasteiger partial charge in [-0.05, 0) is 75.1 Å². The Hall–Kier alpha value is -2.43. The van der Waals surface area contributed by atoms with Gasteiger partial charge in [0, 0.05) is 12.1 Å². The number of ether oxygens (including phenoxy) is 1. The van der Waals surface area contributed by atoms with Crippen molar-refractivity contribution in [2.45, 2.75) is 13.0 Å². The molecule has 0 saturated carbocycles. The van der Waals surface area contributed by atoms with Crippen LogP contribution in [0.4, 0.5) is 0 Å². The van der Waals surface area contributed by atoms with Crippen molar-refractivity contribution in [2.24, 2.45) is 0 Å². The minimum Gasteiger partial charge on any atom is -0.497 e. The third-order valence-electron chi connectivity index (χ3n) is 4.07. The predicted octanol–water partition coefficient (Wildman–Crippen LogP) is 3.63. The van der Waals surface area contributed by atoms with E-state index in [-0.39, 0.29) is 5.78 Å². The van der Waals surface area contributed by atoms with Gasteiger partial charge >= 0.3 is 0 Å². The Kier molecular flexibility index (Phi) is 8.06. The fraction of sp³-hybridized carbons (Fsp3) is 0.318. The van der Waals surface area contributed by atoms with Crippen LogP contribution in [0.2, 0.25) is 0 Å². The van der Waals surface area contributed by atoms with Crippen molar-refractivity contribution >= 4 is 11.9 Å². The van der Waals surface area contributed by atoms with Crippen molar-refractivity contribution in [1.29, 1.82) is 0 Å². The summed E-state index contributed by atoms with van der Waals surface area (Å²) in [5, 5.41) is 3.45. The highest BCUT2D eigenvalue weighted by molar-refractivity contribution is 6.06. The first kappa shape index (κ1) is 19.9. The van der Waals surface area contributed by atoms with E-state index in [2.05, 4.69) is 36.4 Å². The standard InChI is InChI=1S/C22H28N2O2/c1-24(2)16-4-15-23-17-19-7-5-18(6-8-19)9-14-22(25)20-10-12-21(26-3)13-11-20/h5-14,23H,4,15-17H2,1-3H3. The summed E-state index contributed by atoms with van der Waals surface area (Å²) in [5.74, 6) is 0.732. The Bertz CT molecular complexity index is 704. The molecule has 4 nitrogen and oxygen atoms in total. The smallest absolute Gasteiger partial charge is 0.185 e. The Morgan fingerprint density at radius 3 is 2.38 bits per heavy atom. The summed E-state index contributed by atoms with van der Waals surface area (Å²) in [5.41, 5.74) is 2.91. The number of ketones is 1. The lowest BCUT2D eigenvalue weighted by Crippen LogP contribution is -2.20. The summed E-state index contributed by atoms with van der Waals surface area (Å²) in [6, 6.07) is 15.4. The highest BCUT2D eigenvalue weighted by Crippen LogP contribution is 2.13. The molecule has 0 unspecified atom stereocenters. The van der Waals surface area contributed by atoms with E-state index < -0.39 is 0 Å². The molecule has 4 heteroatoms. The fourth-order valence-electron chi connectivity index (χ4n) is 2.52. The molecule has 0 aromatic heterocycles. The van der Waals surface area contributed by atoms with E-state index in [0.717, 1.165) is 37.4 Å². The number of carbonyl (C=O) groups excluding carboxylic acids is 1. The summed E-state index contributed by atoms with van der Waals surface area (Å²) >= 11 is 0. The van der Waals surface area contributed by atoms with E-state index in [4.69, 9.17) is 4.74 Å². The molecule has 0 atom stereocenters. The lowest BCUT2D eigenvalue weighted by molar-refractivity contribution is 0.104. The van der Waals surface area contributed by atoms with Gasteiger partial charge in [-0.3, -0.25) is 4.79 Å². The quantitative estimate of drug-likeness (QED) is 0.403. The van der Waals surface area contributed by atoms with Gasteiger partial charge in [0.2, 0.25) is 0 Å². The number of benzene rings is 2. The molecule has 0 bridgehead atoms. The van der Waals surface area contributed by atoms with Crippen molar-refractivity contribution in [3.63, 3.8) is 0 Å². The van der Waals surface area contributed by atoms with Crippen molar-refractivity contribution in [3.8, 4) is 5.75 Å². The highest BCUT2D eigenvalue weighted by Gasteiger charge is 2.02. The number of hydrogen-bond donors (Lipinski definition) is 1. The van der Waals surface area contributed by atoms with Crippen LogP contribution in [0.1, 0.15) is 27.9 Å². The molecule has 0 fully saturated rings. The number of methoxy groups -OCH3 is 1. The second-order valence-electron chi connectivity index (χ2n) is 6.50. The lowest BCUT2D eigenvalue weighted by atomic mass is 10.1. The minimum absolute atomic E-state index is 0.0145. The van der Waals surface area contributed by atoms with Gasteiger partial charge in [-0.15, -0.1) is 0 Å². The molecule has 2 aromatic carbocycles. The summed E-state index contributed by atoms with van der Waals surface area (Å²) in [6.45, 7) is 2.97. The maximum atomic E-state index is 12.2. The summed E-state index contributed by atoms with van der Waals surface area (Å²) in [6.07, 6.45) is 4.60. The molecule has 2 rings (SSSR count). The van der Waals surface area contributed by atoms with Crippen LogP contribution in [0.15, 0.2) is 54.6 Å². The highest BCUT2D eigenvalue weighted by atomic mass is 16.5. The maximum absolute atomic E-state index is 12.2. The Balaban J connectivity index is 1.81. The van der Waals surface area contributed by atoms with Crippen LogP contribution < -0.4 is 10.1 Å². The fourth-order valence-corrected chi connectivity index (χ4v) is 2.52. The van der Waals surface area contributed by atoms with Crippen LogP contribution in [0.3, 0.4) is 0 Å². The first-order valence-electron chi connectivity index (χ1n) is 8.89. The van der Waals surface area contributed by atoms with Gasteiger partial charge in [0.05, 0.1) is 7.11 Å². The molecule has 138 valence electrons. The third-order valence-corrected chi connectivity index (χ3v) is 4.07. The van der Waals surface area contributed by atoms with Crippen molar-refractivity contribution in [2.75, 3.05) is 34.3 Å². The van der Waals surface area contributed by atoms with E-state index in [1.165, 1.54) is 5.56 Å². The van der Waals surface area contributed by atoms with Crippen molar-refractivity contribution in [1.82, 2.24) is 10.2 Å². The summed E-state index contributed by atoms with van der Waals surface area (Å²) in [4.78, 5) is 14.4. The van der Waals surface area contributed by atoms with Crippen LogP contribution in [0.5, 0.6) is 5.75 Å². The zero-order valence-electron chi connectivity index (χ0n) is 15.9. The molecular weight excluding hydrogens is 324 g/mol. The van der Waals surface area contributed by atoms with Gasteiger partial charge in [-0.25, -0.2) is 0 Å². The van der Waals surface area contributed by atoms with E-state index >= 15 is 0 Å². The average Bonchev–Trinajstić information content (AvgIpc) is 2.66. The summed E-state index contributed by atoms with van der Waals surface area (Å²) < 4.78 is 5.10. The van der Waals surface area contributed by atoms with Gasteiger partial charge in [0.25, 0.3) is 0 Å². The largest absolute Gasteiger partial charge is 0.497 e. The molecule has 0 saturated heterocycles. The number of nitrogens with zero attached hydrogens (tertiary/aromatic N) is 1. The number of nitrogens with one attached hydrogen (secondary N) is 1. The molecule has 0 spiro atoms. The topological polar surface area (TPSA) is 41.6 Å². The molecule has 0 heterocycles. The van der Waals surface area contributed by atoms with Crippen molar-refractivity contribution in [3.05, 3.63) is 71.3 Å². The second kappa shape index (κ2) is 10.5. The first-order chi connectivity index (χ1) is 12.6. The zero-order chi connectivity index (χ0) is 18.8. The first-order valence-corrected chi connectivity index (χ1v) is 8.89. The average molecular weight is 352 g/mol. The minimum atomic E-state index is -0.0145. The van der Waals surface area contributed by atoms with E-state index in [9.17, 15) is 4.79 Å². The Morgan fingerprint density at radius 2 is 1.77 bits per heavy atom. The van der Waals surface area contributed by atoms with Crippen LogP contribution in [0, 0.1) is 0 Å². The number of carbonyl (C=O) groups is 1. The van der Waals surface area contributed by atoms with Crippen LogP contribution in [-0.4, -0.2) is 45.0 Å². The third kappa shape index (κ3) is 6.82. The van der Waals surface area contributed by atoms with Crippen LogP contribution in [-0.2, 0) is 6.54 Å². The number of allylic oxidation sites excluding steroid dienone is 1. The molecule has 0 radical (unpaired) electrons. The van der Waals surface area contributed by atoms with Gasteiger partial charge in [0.15, 0.2) is 5.78 Å². The molecule has 0 aliphatic rings. The zero-order valence-corrected chi connectivity index (χ0v) is 15.9. The Labute approximate surface area is 156 Å². The molecule has 2 aromatic rings. The SMILES string of the molecule is COc1ccc(C(=O)C=Cc2ccc(CNCCCN(C)C)cc2)cc1. The molecule has 1 N–H and O–H groups in total. The number of hydrogen-bond acceptors (Lipinski definition) is 4. The Morgan fingerprint density at radius 1 is 1.08 bits per heavy atom. The second-order valence-corrected chi connectivity index (χ2v) is 6.50. The normalized spacial score (nSPS) is 11.2. The van der Waals surface area contributed by atoms with Gasteiger partial charge < -0.3 is 15.0 Å². The van der Waals surface area contributed by atoms with E-state index in [1.807, 2.05) is 18.2 Å². The maximum Gasteiger partial charge on any atom is 0.185 e.